The Morgan fingerprint density at radius 2 is 1.84 bits per heavy atom. The maximum atomic E-state index is 13.8. The van der Waals surface area contributed by atoms with Gasteiger partial charge in [0.1, 0.15) is 5.82 Å². The number of hydrogen-bond acceptors (Lipinski definition) is 1. The van der Waals surface area contributed by atoms with Crippen LogP contribution in [0.4, 0.5) is 4.39 Å². The Kier molecular flexibility index (Phi) is 4.14. The maximum Gasteiger partial charge on any atom is 0.128 e. The summed E-state index contributed by atoms with van der Waals surface area (Å²) in [6.07, 6.45) is 0.434. The second-order valence-electron chi connectivity index (χ2n) is 4.81. The highest BCUT2D eigenvalue weighted by atomic mass is 35.5. The standard InChI is InChI=1S/C15H14Cl2FN/c1-15(19,12-4-2-3-5-14(12)18)9-10-6-7-11(16)8-13(10)17/h2-8H,9,19H2,1H3. The third-order valence-electron chi connectivity index (χ3n) is 3.06. The number of hydrogen-bond donors (Lipinski definition) is 1. The molecular formula is C15H14Cl2FN. The van der Waals surface area contributed by atoms with E-state index < -0.39 is 5.54 Å². The Morgan fingerprint density at radius 3 is 2.47 bits per heavy atom. The molecule has 2 aromatic rings. The van der Waals surface area contributed by atoms with Crippen molar-refractivity contribution in [2.75, 3.05) is 0 Å². The number of halogens is 3. The molecule has 0 heterocycles. The topological polar surface area (TPSA) is 26.0 Å². The molecule has 2 N–H and O–H groups in total. The van der Waals surface area contributed by atoms with E-state index in [2.05, 4.69) is 0 Å². The molecule has 0 fully saturated rings. The van der Waals surface area contributed by atoms with E-state index in [1.54, 1.807) is 37.3 Å². The Labute approximate surface area is 122 Å². The first kappa shape index (κ1) is 14.3. The minimum atomic E-state index is -0.831. The highest BCUT2D eigenvalue weighted by molar-refractivity contribution is 6.35. The highest BCUT2D eigenvalue weighted by Crippen LogP contribution is 2.29. The molecule has 0 aliphatic carbocycles. The van der Waals surface area contributed by atoms with E-state index in [9.17, 15) is 4.39 Å². The van der Waals surface area contributed by atoms with Gasteiger partial charge in [-0.2, -0.15) is 0 Å². The van der Waals surface area contributed by atoms with E-state index in [1.807, 2.05) is 6.07 Å². The van der Waals surface area contributed by atoms with Crippen LogP contribution in [0.2, 0.25) is 10.0 Å². The molecule has 100 valence electrons. The van der Waals surface area contributed by atoms with Crippen LogP contribution in [0.3, 0.4) is 0 Å². The first-order valence-electron chi connectivity index (χ1n) is 5.88. The summed E-state index contributed by atoms with van der Waals surface area (Å²) in [6, 6.07) is 11.7. The van der Waals surface area contributed by atoms with Crippen molar-refractivity contribution in [2.45, 2.75) is 18.9 Å². The zero-order valence-corrected chi connectivity index (χ0v) is 12.0. The van der Waals surface area contributed by atoms with Gasteiger partial charge in [-0.1, -0.05) is 47.5 Å². The predicted octanol–water partition coefficient (Wildman–Crippen LogP) is 4.55. The number of nitrogens with two attached hydrogens (primary N) is 1. The molecule has 0 radical (unpaired) electrons. The van der Waals surface area contributed by atoms with E-state index >= 15 is 0 Å². The van der Waals surface area contributed by atoms with E-state index in [4.69, 9.17) is 28.9 Å². The largest absolute Gasteiger partial charge is 0.321 e. The van der Waals surface area contributed by atoms with Gasteiger partial charge in [0.25, 0.3) is 0 Å². The van der Waals surface area contributed by atoms with E-state index in [0.717, 1.165) is 5.56 Å². The van der Waals surface area contributed by atoms with E-state index in [0.29, 0.717) is 22.0 Å². The van der Waals surface area contributed by atoms with Crippen LogP contribution in [0.15, 0.2) is 42.5 Å². The lowest BCUT2D eigenvalue weighted by molar-refractivity contribution is 0.457. The minimum absolute atomic E-state index is 0.308. The summed E-state index contributed by atoms with van der Waals surface area (Å²) in [4.78, 5) is 0. The third-order valence-corrected chi connectivity index (χ3v) is 3.65. The van der Waals surface area contributed by atoms with Crippen molar-refractivity contribution in [2.24, 2.45) is 5.73 Å². The van der Waals surface area contributed by atoms with Crippen LogP contribution in [0.1, 0.15) is 18.1 Å². The van der Waals surface area contributed by atoms with Gasteiger partial charge in [0.05, 0.1) is 0 Å². The van der Waals surface area contributed by atoms with Crippen molar-refractivity contribution < 1.29 is 4.39 Å². The molecule has 0 bridgehead atoms. The molecule has 0 aliphatic heterocycles. The van der Waals surface area contributed by atoms with Crippen LogP contribution in [0.5, 0.6) is 0 Å². The molecule has 0 saturated heterocycles. The van der Waals surface area contributed by atoms with Crippen molar-refractivity contribution in [3.8, 4) is 0 Å². The second-order valence-corrected chi connectivity index (χ2v) is 5.65. The van der Waals surface area contributed by atoms with Gasteiger partial charge in [-0.05, 0) is 37.1 Å². The summed E-state index contributed by atoms with van der Waals surface area (Å²) in [5.41, 5.74) is 6.74. The molecule has 4 heteroatoms. The smallest absolute Gasteiger partial charge is 0.128 e. The molecule has 0 amide bonds. The zero-order valence-electron chi connectivity index (χ0n) is 10.5. The molecule has 1 nitrogen and oxygen atoms in total. The van der Waals surface area contributed by atoms with Gasteiger partial charge in [0.2, 0.25) is 0 Å². The Morgan fingerprint density at radius 1 is 1.16 bits per heavy atom. The summed E-state index contributed by atoms with van der Waals surface area (Å²) >= 11 is 12.0. The van der Waals surface area contributed by atoms with Crippen LogP contribution < -0.4 is 5.73 Å². The maximum absolute atomic E-state index is 13.8. The molecule has 0 saturated carbocycles. The molecule has 1 unspecified atom stereocenters. The van der Waals surface area contributed by atoms with Crippen LogP contribution >= 0.6 is 23.2 Å². The molecule has 19 heavy (non-hydrogen) atoms. The van der Waals surface area contributed by atoms with Crippen molar-refractivity contribution in [1.29, 1.82) is 0 Å². The molecular weight excluding hydrogens is 284 g/mol. The molecule has 2 aromatic carbocycles. The SMILES string of the molecule is CC(N)(Cc1ccc(Cl)cc1Cl)c1ccccc1F. The summed E-state index contributed by atoms with van der Waals surface area (Å²) in [5.74, 6) is -0.308. The molecule has 1 atom stereocenters. The quantitative estimate of drug-likeness (QED) is 0.884. The third kappa shape index (κ3) is 3.27. The number of rotatable bonds is 3. The lowest BCUT2D eigenvalue weighted by Crippen LogP contribution is -2.36. The first-order chi connectivity index (χ1) is 8.90. The lowest BCUT2D eigenvalue weighted by atomic mass is 9.86. The van der Waals surface area contributed by atoms with Gasteiger partial charge in [-0.3, -0.25) is 0 Å². The van der Waals surface area contributed by atoms with Gasteiger partial charge < -0.3 is 5.73 Å². The monoisotopic (exact) mass is 297 g/mol. The van der Waals surface area contributed by atoms with Crippen molar-refractivity contribution in [1.82, 2.24) is 0 Å². The average molecular weight is 298 g/mol. The van der Waals surface area contributed by atoms with E-state index in [-0.39, 0.29) is 5.82 Å². The predicted molar refractivity (Wildman–Crippen MR) is 78.1 cm³/mol. The van der Waals surface area contributed by atoms with Gasteiger partial charge in [0, 0.05) is 21.1 Å². The van der Waals surface area contributed by atoms with Gasteiger partial charge in [-0.15, -0.1) is 0 Å². The normalized spacial score (nSPS) is 14.2. The molecule has 0 spiro atoms. The van der Waals surface area contributed by atoms with Gasteiger partial charge >= 0.3 is 0 Å². The summed E-state index contributed by atoms with van der Waals surface area (Å²) in [7, 11) is 0. The highest BCUT2D eigenvalue weighted by Gasteiger charge is 2.25. The van der Waals surface area contributed by atoms with Gasteiger partial charge in [0.15, 0.2) is 0 Å². The van der Waals surface area contributed by atoms with Crippen molar-refractivity contribution >= 4 is 23.2 Å². The Balaban J connectivity index is 2.33. The zero-order chi connectivity index (χ0) is 14.0. The van der Waals surface area contributed by atoms with Crippen LogP contribution in [-0.2, 0) is 12.0 Å². The first-order valence-corrected chi connectivity index (χ1v) is 6.63. The fourth-order valence-corrected chi connectivity index (χ4v) is 2.56. The van der Waals surface area contributed by atoms with E-state index in [1.165, 1.54) is 6.07 Å². The number of benzene rings is 2. The van der Waals surface area contributed by atoms with Crippen LogP contribution in [0, 0.1) is 5.82 Å². The molecule has 0 aromatic heterocycles. The molecule has 0 aliphatic rings. The lowest BCUT2D eigenvalue weighted by Gasteiger charge is -2.26. The fourth-order valence-electron chi connectivity index (χ4n) is 2.08. The Bertz CT molecular complexity index is 596. The average Bonchev–Trinajstić information content (AvgIpc) is 2.33. The van der Waals surface area contributed by atoms with Crippen LogP contribution in [0.25, 0.3) is 0 Å². The molecule has 2 rings (SSSR count). The van der Waals surface area contributed by atoms with Crippen LogP contribution in [-0.4, -0.2) is 0 Å². The van der Waals surface area contributed by atoms with Gasteiger partial charge in [-0.25, -0.2) is 4.39 Å². The fraction of sp³-hybridized carbons (Fsp3) is 0.200. The van der Waals surface area contributed by atoms with Crippen molar-refractivity contribution in [3.05, 3.63) is 69.5 Å². The second kappa shape index (κ2) is 5.49. The summed E-state index contributed by atoms with van der Waals surface area (Å²) in [5, 5.41) is 1.11. The summed E-state index contributed by atoms with van der Waals surface area (Å²) in [6.45, 7) is 1.79. The van der Waals surface area contributed by atoms with Crippen molar-refractivity contribution in [3.63, 3.8) is 0 Å². The minimum Gasteiger partial charge on any atom is -0.321 e. The Hall–Kier alpha value is -1.09. The summed E-state index contributed by atoms with van der Waals surface area (Å²) < 4.78 is 13.8.